The van der Waals surface area contributed by atoms with Crippen LogP contribution in [0.4, 0.5) is 5.69 Å². The van der Waals surface area contributed by atoms with Crippen LogP contribution in [0.15, 0.2) is 136 Å². The van der Waals surface area contributed by atoms with Gasteiger partial charge in [-0.25, -0.2) is 4.99 Å². The summed E-state index contributed by atoms with van der Waals surface area (Å²) in [7, 11) is 0. The van der Waals surface area contributed by atoms with Crippen molar-refractivity contribution in [3.8, 4) is 5.75 Å². The molecule has 7 nitrogen and oxygen atoms in total. The highest BCUT2D eigenvalue weighted by Gasteiger charge is 2.32. The summed E-state index contributed by atoms with van der Waals surface area (Å²) in [5, 5.41) is 4.07. The van der Waals surface area contributed by atoms with E-state index in [-0.39, 0.29) is 11.5 Å². The number of allylic oxidation sites excluding steroid dienone is 1. The standard InChI is InChI=1S/C38H32N4O3S/c1-3-45-30-20-18-27(19-21-30)35-34(36(43)40-29-14-8-5-9-15-29)25(2)39-38-42(35)37(44)33(46-38)22-28-24-41(23-26-12-6-4-7-13-26)32-17-11-10-16-31(28)32/h4-22,24,35H,3,23H2,1-2H3,(H,40,43)/b33-22-/t35-/m1/s1. The van der Waals surface area contributed by atoms with Crippen molar-refractivity contribution in [3.05, 3.63) is 163 Å². The Hall–Kier alpha value is -5.47. The molecule has 0 bridgehead atoms. The molecule has 1 amide bonds. The van der Waals surface area contributed by atoms with E-state index in [0.29, 0.717) is 39.4 Å². The summed E-state index contributed by atoms with van der Waals surface area (Å²) in [5.74, 6) is 0.422. The van der Waals surface area contributed by atoms with E-state index < -0.39 is 6.04 Å². The summed E-state index contributed by atoms with van der Waals surface area (Å²) in [6, 6.07) is 34.8. The number of nitrogens with zero attached hydrogens (tertiary/aromatic N) is 3. The van der Waals surface area contributed by atoms with E-state index in [9.17, 15) is 9.59 Å². The number of para-hydroxylation sites is 2. The topological polar surface area (TPSA) is 77.6 Å². The molecule has 1 N–H and O–H groups in total. The largest absolute Gasteiger partial charge is 0.494 e. The maximum absolute atomic E-state index is 14.3. The maximum atomic E-state index is 14.3. The number of carbonyl (C=O) groups excluding carboxylic acids is 1. The van der Waals surface area contributed by atoms with E-state index in [4.69, 9.17) is 9.73 Å². The zero-order chi connectivity index (χ0) is 31.6. The van der Waals surface area contributed by atoms with Crippen LogP contribution >= 0.6 is 11.3 Å². The quantitative estimate of drug-likeness (QED) is 0.217. The minimum atomic E-state index is -0.669. The molecule has 46 heavy (non-hydrogen) atoms. The van der Waals surface area contributed by atoms with Crippen molar-refractivity contribution in [3.63, 3.8) is 0 Å². The smallest absolute Gasteiger partial charge is 0.271 e. The van der Waals surface area contributed by atoms with Crippen molar-refractivity contribution >= 4 is 39.9 Å². The molecule has 4 aromatic carbocycles. The van der Waals surface area contributed by atoms with Gasteiger partial charge in [-0.1, -0.05) is 90.2 Å². The van der Waals surface area contributed by atoms with E-state index in [1.54, 1.807) is 4.57 Å². The van der Waals surface area contributed by atoms with Crippen molar-refractivity contribution < 1.29 is 9.53 Å². The highest BCUT2D eigenvalue weighted by molar-refractivity contribution is 7.07. The Labute approximate surface area is 270 Å². The highest BCUT2D eigenvalue weighted by atomic mass is 32.1. The molecule has 0 saturated carbocycles. The third kappa shape index (κ3) is 5.59. The van der Waals surface area contributed by atoms with Crippen LogP contribution in [0.1, 0.15) is 36.6 Å². The van der Waals surface area contributed by atoms with Gasteiger partial charge < -0.3 is 14.6 Å². The fourth-order valence-corrected chi connectivity index (χ4v) is 7.04. The number of rotatable bonds is 8. The fourth-order valence-electron chi connectivity index (χ4n) is 6.00. The molecule has 0 fully saturated rings. The van der Waals surface area contributed by atoms with Gasteiger partial charge in [0.1, 0.15) is 5.75 Å². The van der Waals surface area contributed by atoms with Gasteiger partial charge >= 0.3 is 0 Å². The van der Waals surface area contributed by atoms with Gasteiger partial charge in [0.2, 0.25) is 0 Å². The van der Waals surface area contributed by atoms with Gasteiger partial charge in [-0.05, 0) is 61.4 Å². The number of fused-ring (bicyclic) bond motifs is 2. The van der Waals surface area contributed by atoms with E-state index >= 15 is 0 Å². The first-order valence-corrected chi connectivity index (χ1v) is 16.1. The highest BCUT2D eigenvalue weighted by Crippen LogP contribution is 2.32. The average Bonchev–Trinajstić information content (AvgIpc) is 3.57. The van der Waals surface area contributed by atoms with Crippen molar-refractivity contribution in [2.75, 3.05) is 11.9 Å². The predicted octanol–water partition coefficient (Wildman–Crippen LogP) is 6.28. The van der Waals surface area contributed by atoms with Crippen LogP contribution in [-0.4, -0.2) is 21.6 Å². The van der Waals surface area contributed by atoms with Crippen LogP contribution < -0.4 is 24.9 Å². The molecule has 8 heteroatoms. The van der Waals surface area contributed by atoms with Gasteiger partial charge in [-0.15, -0.1) is 0 Å². The molecule has 0 unspecified atom stereocenters. The summed E-state index contributed by atoms with van der Waals surface area (Å²) in [5.41, 5.74) is 5.50. The molecule has 6 aromatic rings. The molecule has 228 valence electrons. The van der Waals surface area contributed by atoms with Crippen LogP contribution in [0.2, 0.25) is 0 Å². The first-order chi connectivity index (χ1) is 22.5. The van der Waals surface area contributed by atoms with Gasteiger partial charge in [0.15, 0.2) is 4.80 Å². The molecule has 1 aliphatic rings. The van der Waals surface area contributed by atoms with E-state index in [2.05, 4.69) is 40.3 Å². The lowest BCUT2D eigenvalue weighted by atomic mass is 9.95. The molecular formula is C38H32N4O3S. The van der Waals surface area contributed by atoms with Crippen LogP contribution in [0.25, 0.3) is 17.0 Å². The molecule has 0 aliphatic carbocycles. The molecule has 2 aromatic heterocycles. The Bertz CT molecular complexity index is 2260. The zero-order valence-electron chi connectivity index (χ0n) is 25.5. The first kappa shape index (κ1) is 29.3. The van der Waals surface area contributed by atoms with Gasteiger partial charge in [-0.3, -0.25) is 14.2 Å². The van der Waals surface area contributed by atoms with Gasteiger partial charge in [0.05, 0.1) is 28.5 Å². The molecule has 1 atom stereocenters. The zero-order valence-corrected chi connectivity index (χ0v) is 26.3. The summed E-state index contributed by atoms with van der Waals surface area (Å²) in [4.78, 5) is 33.6. The molecule has 1 aliphatic heterocycles. The molecule has 7 rings (SSSR count). The molecule has 0 spiro atoms. The summed E-state index contributed by atoms with van der Waals surface area (Å²) in [6.45, 7) is 5.02. The van der Waals surface area contributed by atoms with Crippen LogP contribution in [0.5, 0.6) is 5.75 Å². The number of benzene rings is 4. The second-order valence-corrected chi connectivity index (χ2v) is 12.1. The Morgan fingerprint density at radius 2 is 1.63 bits per heavy atom. The number of thiazole rings is 1. The van der Waals surface area contributed by atoms with Crippen molar-refractivity contribution in [1.29, 1.82) is 0 Å². The number of hydrogen-bond acceptors (Lipinski definition) is 5. The van der Waals surface area contributed by atoms with E-state index in [1.807, 2.05) is 105 Å². The van der Waals surface area contributed by atoms with Gasteiger partial charge in [0, 0.05) is 34.9 Å². The fraction of sp³-hybridized carbons (Fsp3) is 0.132. The first-order valence-electron chi connectivity index (χ1n) is 15.2. The third-order valence-electron chi connectivity index (χ3n) is 8.11. The second kappa shape index (κ2) is 12.5. The van der Waals surface area contributed by atoms with Crippen molar-refractivity contribution in [2.24, 2.45) is 4.99 Å². The van der Waals surface area contributed by atoms with Gasteiger partial charge in [-0.2, -0.15) is 0 Å². The normalized spacial score (nSPS) is 14.7. The number of nitrogens with one attached hydrogen (secondary N) is 1. The monoisotopic (exact) mass is 624 g/mol. The number of anilines is 1. The number of amides is 1. The Morgan fingerprint density at radius 3 is 2.37 bits per heavy atom. The molecule has 0 saturated heterocycles. The van der Waals surface area contributed by atoms with Crippen LogP contribution in [0, 0.1) is 0 Å². The lowest BCUT2D eigenvalue weighted by molar-refractivity contribution is -0.113. The predicted molar refractivity (Wildman–Crippen MR) is 184 cm³/mol. The molecular weight excluding hydrogens is 593 g/mol. The summed E-state index contributed by atoms with van der Waals surface area (Å²) >= 11 is 1.34. The van der Waals surface area contributed by atoms with E-state index in [1.165, 1.54) is 16.9 Å². The Kier molecular flexibility index (Phi) is 7.95. The average molecular weight is 625 g/mol. The number of aromatic nitrogens is 2. The summed E-state index contributed by atoms with van der Waals surface area (Å²) < 4.78 is 10.1. The van der Waals surface area contributed by atoms with Crippen LogP contribution in [0.3, 0.4) is 0 Å². The molecule has 0 radical (unpaired) electrons. The Balaban J connectivity index is 1.35. The number of ether oxygens (including phenoxy) is 1. The van der Waals surface area contributed by atoms with Crippen molar-refractivity contribution in [2.45, 2.75) is 26.4 Å². The molecule has 3 heterocycles. The third-order valence-corrected chi connectivity index (χ3v) is 9.09. The lowest BCUT2D eigenvalue weighted by Gasteiger charge is -2.25. The van der Waals surface area contributed by atoms with Gasteiger partial charge in [0.25, 0.3) is 11.5 Å². The lowest BCUT2D eigenvalue weighted by Crippen LogP contribution is -2.40. The number of hydrogen-bond donors (Lipinski definition) is 1. The minimum Gasteiger partial charge on any atom is -0.494 e. The van der Waals surface area contributed by atoms with E-state index in [0.717, 1.165) is 27.8 Å². The van der Waals surface area contributed by atoms with Crippen LogP contribution in [-0.2, 0) is 11.3 Å². The second-order valence-electron chi connectivity index (χ2n) is 11.1. The summed E-state index contributed by atoms with van der Waals surface area (Å²) in [6.07, 6.45) is 4.05. The maximum Gasteiger partial charge on any atom is 0.271 e. The Morgan fingerprint density at radius 1 is 0.935 bits per heavy atom. The SMILES string of the molecule is CCOc1ccc([C@@H]2C(C(=O)Nc3ccccc3)=C(C)N=c3s/c(=C\c4cn(Cc5ccccc5)c5ccccc45)c(=O)n32)cc1. The van der Waals surface area contributed by atoms with Crippen molar-refractivity contribution in [1.82, 2.24) is 9.13 Å². The minimum absolute atomic E-state index is 0.194. The number of carbonyl (C=O) groups is 1.